The molecule has 2 rings (SSSR count). The number of benzene rings is 1. The minimum Gasteiger partial charge on any atom is -0.351 e. The van der Waals surface area contributed by atoms with Crippen LogP contribution >= 0.6 is 27.7 Å². The van der Waals surface area contributed by atoms with Crippen LogP contribution in [0.5, 0.6) is 0 Å². The van der Waals surface area contributed by atoms with Gasteiger partial charge in [0, 0.05) is 21.3 Å². The molecule has 1 heterocycles. The van der Waals surface area contributed by atoms with Crippen LogP contribution in [0.1, 0.15) is 35.7 Å². The zero-order chi connectivity index (χ0) is 13.2. The van der Waals surface area contributed by atoms with Crippen LogP contribution < -0.4 is 5.32 Å². The minimum atomic E-state index is 0.0272. The maximum Gasteiger partial charge on any atom is 0.251 e. The summed E-state index contributed by atoms with van der Waals surface area (Å²) in [5, 5.41) is 3.05. The summed E-state index contributed by atoms with van der Waals surface area (Å²) in [6, 6.07) is 5.70. The topological polar surface area (TPSA) is 29.1 Å². The first-order valence-corrected chi connectivity index (χ1v) is 7.96. The van der Waals surface area contributed by atoms with Crippen LogP contribution in [0.2, 0.25) is 0 Å². The third kappa shape index (κ3) is 3.29. The molecular weight excluding hydrogens is 310 g/mol. The molecular formula is C14H18BrNOS. The van der Waals surface area contributed by atoms with Gasteiger partial charge < -0.3 is 5.32 Å². The van der Waals surface area contributed by atoms with Crippen molar-refractivity contribution in [3.05, 3.63) is 33.8 Å². The van der Waals surface area contributed by atoms with Gasteiger partial charge in [-0.2, -0.15) is 11.8 Å². The number of hydrogen-bond acceptors (Lipinski definition) is 2. The predicted octanol–water partition coefficient (Wildman–Crippen LogP) is 3.77. The fourth-order valence-electron chi connectivity index (χ4n) is 2.13. The Morgan fingerprint density at radius 3 is 2.94 bits per heavy atom. The fraction of sp³-hybridized carbons (Fsp3) is 0.500. The van der Waals surface area contributed by atoms with Crippen LogP contribution in [0, 0.1) is 6.92 Å². The van der Waals surface area contributed by atoms with Crippen LogP contribution in [0.15, 0.2) is 22.7 Å². The number of carbonyl (C=O) groups is 1. The van der Waals surface area contributed by atoms with Crippen molar-refractivity contribution in [1.82, 2.24) is 5.32 Å². The van der Waals surface area contributed by atoms with Crippen LogP contribution in [0.25, 0.3) is 0 Å². The molecule has 0 saturated carbocycles. The molecule has 1 amide bonds. The number of halogens is 1. The van der Waals surface area contributed by atoms with E-state index in [-0.39, 0.29) is 10.7 Å². The van der Waals surface area contributed by atoms with E-state index < -0.39 is 0 Å². The molecule has 1 atom stereocenters. The maximum absolute atomic E-state index is 12.1. The van der Waals surface area contributed by atoms with Crippen molar-refractivity contribution in [3.63, 3.8) is 0 Å². The van der Waals surface area contributed by atoms with E-state index in [9.17, 15) is 4.79 Å². The Morgan fingerprint density at radius 2 is 2.33 bits per heavy atom. The highest BCUT2D eigenvalue weighted by molar-refractivity contribution is 9.10. The number of hydrogen-bond donors (Lipinski definition) is 1. The number of aryl methyl sites for hydroxylation is 1. The van der Waals surface area contributed by atoms with E-state index in [0.717, 1.165) is 22.1 Å². The Morgan fingerprint density at radius 1 is 1.56 bits per heavy atom. The molecule has 1 fully saturated rings. The average Bonchev–Trinajstić information content (AvgIpc) is 2.77. The number of nitrogens with one attached hydrogen (secondary N) is 1. The smallest absolute Gasteiger partial charge is 0.251 e. The summed E-state index contributed by atoms with van der Waals surface area (Å²) in [7, 11) is 0. The molecule has 98 valence electrons. The highest BCUT2D eigenvalue weighted by Crippen LogP contribution is 2.37. The molecule has 1 aliphatic rings. The van der Waals surface area contributed by atoms with Crippen molar-refractivity contribution in [2.24, 2.45) is 0 Å². The summed E-state index contributed by atoms with van der Waals surface area (Å²) in [6.45, 7) is 4.98. The second kappa shape index (κ2) is 5.66. The highest BCUT2D eigenvalue weighted by Gasteiger charge is 2.29. The highest BCUT2D eigenvalue weighted by atomic mass is 79.9. The summed E-state index contributed by atoms with van der Waals surface area (Å²) in [6.07, 6.45) is 2.45. The van der Waals surface area contributed by atoms with E-state index in [2.05, 4.69) is 28.2 Å². The van der Waals surface area contributed by atoms with Crippen molar-refractivity contribution in [3.8, 4) is 0 Å². The minimum absolute atomic E-state index is 0.0272. The van der Waals surface area contributed by atoms with Crippen LogP contribution in [-0.2, 0) is 0 Å². The molecule has 0 aromatic heterocycles. The van der Waals surface area contributed by atoms with Crippen LogP contribution in [0.3, 0.4) is 0 Å². The summed E-state index contributed by atoms with van der Waals surface area (Å²) in [5.74, 6) is 1.24. The Labute approximate surface area is 121 Å². The van der Waals surface area contributed by atoms with Crippen molar-refractivity contribution < 1.29 is 4.79 Å². The van der Waals surface area contributed by atoms with E-state index >= 15 is 0 Å². The average molecular weight is 328 g/mol. The molecule has 4 heteroatoms. The van der Waals surface area contributed by atoms with Crippen LogP contribution in [0.4, 0.5) is 0 Å². The molecule has 1 N–H and O–H groups in total. The van der Waals surface area contributed by atoms with E-state index in [1.165, 1.54) is 18.6 Å². The van der Waals surface area contributed by atoms with E-state index in [1.807, 2.05) is 36.9 Å². The van der Waals surface area contributed by atoms with Crippen molar-refractivity contribution >= 4 is 33.6 Å². The monoisotopic (exact) mass is 327 g/mol. The first-order chi connectivity index (χ1) is 8.50. The van der Waals surface area contributed by atoms with Gasteiger partial charge in [-0.1, -0.05) is 15.9 Å². The third-order valence-electron chi connectivity index (χ3n) is 3.34. The molecule has 0 radical (unpaired) electrons. The van der Waals surface area contributed by atoms with Gasteiger partial charge in [-0.05, 0) is 56.2 Å². The van der Waals surface area contributed by atoms with Gasteiger partial charge in [0.15, 0.2) is 0 Å². The van der Waals surface area contributed by atoms with Gasteiger partial charge in [-0.15, -0.1) is 0 Å². The molecule has 0 bridgehead atoms. The molecule has 1 aromatic rings. The molecule has 1 unspecified atom stereocenters. The van der Waals surface area contributed by atoms with Crippen molar-refractivity contribution in [2.75, 3.05) is 12.3 Å². The quantitative estimate of drug-likeness (QED) is 0.915. The second-order valence-electron chi connectivity index (χ2n) is 5.05. The summed E-state index contributed by atoms with van der Waals surface area (Å²) < 4.78 is 1.26. The normalized spacial score (nSPS) is 23.1. The summed E-state index contributed by atoms with van der Waals surface area (Å²) in [4.78, 5) is 12.1. The number of thioether (sulfide) groups is 1. The molecule has 1 saturated heterocycles. The molecule has 18 heavy (non-hydrogen) atoms. The molecule has 2 nitrogen and oxygen atoms in total. The predicted molar refractivity (Wildman–Crippen MR) is 81.3 cm³/mol. The van der Waals surface area contributed by atoms with Gasteiger partial charge in [0.05, 0.1) is 0 Å². The lowest BCUT2D eigenvalue weighted by Gasteiger charge is -2.22. The molecule has 1 aromatic carbocycles. The van der Waals surface area contributed by atoms with E-state index in [1.54, 1.807) is 0 Å². The largest absolute Gasteiger partial charge is 0.351 e. The number of amides is 1. The number of carbonyl (C=O) groups excluding carboxylic acids is 1. The van der Waals surface area contributed by atoms with Gasteiger partial charge in [0.1, 0.15) is 0 Å². The van der Waals surface area contributed by atoms with E-state index in [0.29, 0.717) is 0 Å². The lowest BCUT2D eigenvalue weighted by Crippen LogP contribution is -2.36. The fourth-order valence-corrected chi connectivity index (χ4v) is 3.62. The van der Waals surface area contributed by atoms with Gasteiger partial charge in [0.2, 0.25) is 0 Å². The SMILES string of the molecule is Cc1cc(C(=O)NCC2(C)CCCS2)ccc1Br. The number of rotatable bonds is 3. The van der Waals surface area contributed by atoms with E-state index in [4.69, 9.17) is 0 Å². The lowest BCUT2D eigenvalue weighted by molar-refractivity contribution is 0.0950. The Bertz CT molecular complexity index is 455. The molecule has 1 aliphatic heterocycles. The Hall–Kier alpha value is -0.480. The van der Waals surface area contributed by atoms with Gasteiger partial charge in [0.25, 0.3) is 5.91 Å². The Kier molecular flexibility index (Phi) is 4.38. The van der Waals surface area contributed by atoms with Crippen molar-refractivity contribution in [2.45, 2.75) is 31.4 Å². The zero-order valence-electron chi connectivity index (χ0n) is 10.8. The zero-order valence-corrected chi connectivity index (χ0v) is 13.2. The van der Waals surface area contributed by atoms with Gasteiger partial charge >= 0.3 is 0 Å². The van der Waals surface area contributed by atoms with Crippen LogP contribution in [-0.4, -0.2) is 23.0 Å². The maximum atomic E-state index is 12.1. The summed E-state index contributed by atoms with van der Waals surface area (Å²) in [5.41, 5.74) is 1.83. The van der Waals surface area contributed by atoms with Gasteiger partial charge in [-0.25, -0.2) is 0 Å². The van der Waals surface area contributed by atoms with Gasteiger partial charge in [-0.3, -0.25) is 4.79 Å². The standard InChI is InChI=1S/C14H18BrNOS/c1-10-8-11(4-5-12(10)15)13(17)16-9-14(2)6-3-7-18-14/h4-5,8H,3,6-7,9H2,1-2H3,(H,16,17). The second-order valence-corrected chi connectivity index (χ2v) is 7.59. The first-order valence-electron chi connectivity index (χ1n) is 6.18. The third-order valence-corrected chi connectivity index (χ3v) is 5.77. The first kappa shape index (κ1) is 13.9. The van der Waals surface area contributed by atoms with Crippen molar-refractivity contribution in [1.29, 1.82) is 0 Å². The molecule has 0 spiro atoms. The Balaban J connectivity index is 1.97. The lowest BCUT2D eigenvalue weighted by atomic mass is 10.1. The summed E-state index contributed by atoms with van der Waals surface area (Å²) >= 11 is 5.41. The molecule has 0 aliphatic carbocycles.